The van der Waals surface area contributed by atoms with E-state index >= 15 is 0 Å². The van der Waals surface area contributed by atoms with Crippen LogP contribution in [0.2, 0.25) is 0 Å². The van der Waals surface area contributed by atoms with Crippen molar-refractivity contribution in [3.8, 4) is 0 Å². The Morgan fingerprint density at radius 3 is 1.64 bits per heavy atom. The number of carboxylic acids is 2. The molecule has 0 unspecified atom stereocenters. The first-order chi connectivity index (χ1) is 11.9. The minimum absolute atomic E-state index is 1.01. The van der Waals surface area contributed by atoms with Crippen molar-refractivity contribution in [1.82, 2.24) is 15.3 Å². The molecule has 0 saturated carbocycles. The third-order valence-corrected chi connectivity index (χ3v) is 3.74. The number of carbonyl (C=O) groups is 2. The highest BCUT2D eigenvalue weighted by Crippen LogP contribution is 2.18. The smallest absolute Gasteiger partial charge is 0.335 e. The first-order valence-corrected chi connectivity index (χ1v) is 7.65. The van der Waals surface area contributed by atoms with E-state index in [4.69, 9.17) is 20.4 Å². The lowest BCUT2D eigenvalue weighted by Crippen LogP contribution is -2.39. The summed E-state index contributed by atoms with van der Waals surface area (Å²) in [7, 11) is 0. The lowest BCUT2D eigenvalue weighted by atomic mass is 10.0. The number of aliphatic carboxylic acids is 2. The van der Waals surface area contributed by atoms with Crippen molar-refractivity contribution in [2.45, 2.75) is 25.0 Å². The van der Waals surface area contributed by atoms with Gasteiger partial charge in [-0.2, -0.15) is 0 Å². The molecule has 9 heteroatoms. The highest BCUT2D eigenvalue weighted by molar-refractivity contribution is 5.83. The number of aromatic nitrogens is 2. The second-order valence-electron chi connectivity index (χ2n) is 5.48. The van der Waals surface area contributed by atoms with Crippen LogP contribution < -0.4 is 5.32 Å². The van der Waals surface area contributed by atoms with Crippen molar-refractivity contribution < 1.29 is 30.0 Å². The van der Waals surface area contributed by atoms with Gasteiger partial charge >= 0.3 is 11.9 Å². The molecule has 3 rings (SSSR count). The lowest BCUT2D eigenvalue weighted by molar-refractivity contribution is -0.165. The largest absolute Gasteiger partial charge is 0.479 e. The monoisotopic (exact) mass is 349 g/mol. The molecule has 2 aromatic rings. The maximum Gasteiger partial charge on any atom is 0.335 e. The van der Waals surface area contributed by atoms with Gasteiger partial charge in [-0.3, -0.25) is 9.97 Å². The van der Waals surface area contributed by atoms with Gasteiger partial charge in [0.1, 0.15) is 0 Å². The van der Waals surface area contributed by atoms with Crippen LogP contribution in [-0.2, 0) is 22.4 Å². The van der Waals surface area contributed by atoms with Gasteiger partial charge < -0.3 is 25.7 Å². The maximum absolute atomic E-state index is 9.77. The van der Waals surface area contributed by atoms with Gasteiger partial charge in [0.2, 0.25) is 0 Å². The summed E-state index contributed by atoms with van der Waals surface area (Å²) in [5.74, 6) is -3.54. The number of nitrogens with one attached hydrogen (secondary N) is 1. The van der Waals surface area contributed by atoms with E-state index in [0.717, 1.165) is 37.0 Å². The van der Waals surface area contributed by atoms with Crippen molar-refractivity contribution >= 4 is 23.0 Å². The van der Waals surface area contributed by atoms with Gasteiger partial charge in [0.05, 0.1) is 11.0 Å². The fraction of sp³-hybridized carbons (Fsp3) is 0.375. The zero-order valence-corrected chi connectivity index (χ0v) is 13.3. The average Bonchev–Trinajstić information content (AvgIpc) is 2.83. The van der Waals surface area contributed by atoms with Crippen LogP contribution in [0.1, 0.15) is 11.1 Å². The summed E-state index contributed by atoms with van der Waals surface area (Å²) in [5, 5.41) is 35.9. The Hall–Kier alpha value is -2.62. The quantitative estimate of drug-likeness (QED) is 0.479. The van der Waals surface area contributed by atoms with Crippen molar-refractivity contribution in [2.24, 2.45) is 0 Å². The van der Waals surface area contributed by atoms with Crippen molar-refractivity contribution in [3.63, 3.8) is 0 Å². The number of nitrogens with zero attached hydrogens (tertiary/aromatic N) is 2. The molecule has 0 radical (unpaired) electrons. The normalized spacial score (nSPS) is 15.9. The number of aliphatic hydroxyl groups excluding tert-OH is 2. The van der Waals surface area contributed by atoms with Crippen LogP contribution in [0.3, 0.4) is 0 Å². The third kappa shape index (κ3) is 4.92. The van der Waals surface area contributed by atoms with Crippen molar-refractivity contribution in [3.05, 3.63) is 35.7 Å². The SMILES string of the molecule is O=C(O)[C@H](O)[C@@H](O)C(=O)O.c1cnc2cc3c(cc2n1)CCNCC3. The number of benzene rings is 1. The number of hydrogen-bond acceptors (Lipinski definition) is 7. The molecule has 1 aromatic heterocycles. The number of rotatable bonds is 3. The zero-order valence-electron chi connectivity index (χ0n) is 13.3. The second kappa shape index (κ2) is 8.47. The van der Waals surface area contributed by atoms with Gasteiger partial charge in [-0.25, -0.2) is 9.59 Å². The molecule has 0 amide bonds. The van der Waals surface area contributed by atoms with Gasteiger partial charge in [-0.05, 0) is 49.2 Å². The Bertz CT molecular complexity index is 704. The predicted molar refractivity (Wildman–Crippen MR) is 87.1 cm³/mol. The highest BCUT2D eigenvalue weighted by Gasteiger charge is 2.29. The molecule has 0 saturated heterocycles. The van der Waals surface area contributed by atoms with Crippen LogP contribution >= 0.6 is 0 Å². The molecule has 9 nitrogen and oxygen atoms in total. The summed E-state index contributed by atoms with van der Waals surface area (Å²) in [6, 6.07) is 4.37. The molecular formula is C16H19N3O6. The first kappa shape index (κ1) is 18.7. The standard InChI is InChI=1S/C12H13N3.C4H6O6/c1-3-13-4-2-10-8-12-11(7-9(1)10)14-5-6-15-12;5-1(3(7)8)2(6)4(9)10/h5-8,13H,1-4H2;1-2,5-6H,(H,7,8)(H,9,10)/t;1-,2-/m.1/s1. The van der Waals surface area contributed by atoms with Crippen LogP contribution in [0.4, 0.5) is 0 Å². The Labute approximate surface area is 143 Å². The van der Waals surface area contributed by atoms with Crippen molar-refractivity contribution in [2.75, 3.05) is 13.1 Å². The fourth-order valence-corrected chi connectivity index (χ4v) is 2.40. The molecule has 0 aliphatic carbocycles. The second-order valence-corrected chi connectivity index (χ2v) is 5.48. The Morgan fingerprint density at radius 2 is 1.28 bits per heavy atom. The van der Waals surface area contributed by atoms with Gasteiger partial charge in [0, 0.05) is 12.4 Å². The average molecular weight is 349 g/mol. The van der Waals surface area contributed by atoms with E-state index < -0.39 is 24.1 Å². The molecule has 134 valence electrons. The third-order valence-electron chi connectivity index (χ3n) is 3.74. The highest BCUT2D eigenvalue weighted by atomic mass is 16.4. The molecule has 0 spiro atoms. The number of fused-ring (bicyclic) bond motifs is 2. The molecule has 2 atom stereocenters. The molecule has 5 N–H and O–H groups in total. The van der Waals surface area contributed by atoms with Crippen LogP contribution in [0.5, 0.6) is 0 Å². The Balaban J connectivity index is 0.000000199. The molecule has 2 heterocycles. The Morgan fingerprint density at radius 1 is 0.880 bits per heavy atom. The number of carboxylic acid groups (broad SMARTS) is 2. The topological polar surface area (TPSA) is 153 Å². The van der Waals surface area contributed by atoms with Crippen LogP contribution in [-0.4, -0.2) is 67.6 Å². The molecule has 1 aromatic carbocycles. The van der Waals surface area contributed by atoms with Crippen molar-refractivity contribution in [1.29, 1.82) is 0 Å². The molecule has 1 aliphatic rings. The van der Waals surface area contributed by atoms with Gasteiger partial charge in [-0.15, -0.1) is 0 Å². The molecular weight excluding hydrogens is 330 g/mol. The van der Waals surface area contributed by atoms with E-state index in [9.17, 15) is 9.59 Å². The number of hydrogen-bond donors (Lipinski definition) is 5. The lowest BCUT2D eigenvalue weighted by Gasteiger charge is -2.07. The summed E-state index contributed by atoms with van der Waals surface area (Å²) in [6.07, 6.45) is 1.17. The Kier molecular flexibility index (Phi) is 6.34. The van der Waals surface area contributed by atoms with Gasteiger partial charge in [-0.1, -0.05) is 0 Å². The van der Waals surface area contributed by atoms with E-state index in [1.165, 1.54) is 11.1 Å². The summed E-state index contributed by atoms with van der Waals surface area (Å²) in [4.78, 5) is 28.2. The predicted octanol–water partition coefficient (Wildman–Crippen LogP) is -0.805. The first-order valence-electron chi connectivity index (χ1n) is 7.65. The molecule has 25 heavy (non-hydrogen) atoms. The van der Waals surface area contributed by atoms with Crippen LogP contribution in [0.25, 0.3) is 11.0 Å². The van der Waals surface area contributed by atoms with E-state index in [2.05, 4.69) is 27.4 Å². The number of aliphatic hydroxyl groups is 2. The molecule has 0 fully saturated rings. The minimum atomic E-state index is -2.27. The summed E-state index contributed by atoms with van der Waals surface area (Å²) < 4.78 is 0. The van der Waals surface area contributed by atoms with E-state index in [1.807, 2.05) is 0 Å². The van der Waals surface area contributed by atoms with Crippen LogP contribution in [0.15, 0.2) is 24.5 Å². The van der Waals surface area contributed by atoms with Gasteiger partial charge in [0.25, 0.3) is 0 Å². The maximum atomic E-state index is 9.77. The molecule has 0 bridgehead atoms. The minimum Gasteiger partial charge on any atom is -0.479 e. The van der Waals surface area contributed by atoms with Gasteiger partial charge in [0.15, 0.2) is 12.2 Å². The fourth-order valence-electron chi connectivity index (χ4n) is 2.40. The van der Waals surface area contributed by atoms with Crippen LogP contribution in [0, 0.1) is 0 Å². The summed E-state index contributed by atoms with van der Waals surface area (Å²) in [6.45, 7) is 2.14. The van der Waals surface area contributed by atoms with E-state index in [1.54, 1.807) is 12.4 Å². The summed E-state index contributed by atoms with van der Waals surface area (Å²) in [5.41, 5.74) is 4.87. The summed E-state index contributed by atoms with van der Waals surface area (Å²) >= 11 is 0. The zero-order chi connectivity index (χ0) is 18.4. The van der Waals surface area contributed by atoms with E-state index in [0.29, 0.717) is 0 Å². The van der Waals surface area contributed by atoms with E-state index in [-0.39, 0.29) is 0 Å². The molecule has 1 aliphatic heterocycles.